The maximum absolute atomic E-state index is 13.4. The fraction of sp³-hybridized carbons (Fsp3) is 0.111. The molecule has 2 N–H and O–H groups in total. The van der Waals surface area contributed by atoms with Gasteiger partial charge in [-0.2, -0.15) is 13.2 Å². The molecule has 2 heterocycles. The molecule has 3 rings (SSSR count). The number of hydrogen-bond acceptors (Lipinski definition) is 4. The maximum atomic E-state index is 13.4. The molecule has 0 fully saturated rings. The Morgan fingerprint density at radius 1 is 1.17 bits per heavy atom. The highest BCUT2D eigenvalue weighted by atomic mass is 19.4. The maximum Gasteiger partial charge on any atom is 0.419 e. The average molecular weight is 408 g/mol. The molecule has 7 nitrogen and oxygen atoms in total. The molecule has 11 heteroatoms. The number of hydrogen-bond donors (Lipinski definition) is 2. The molecule has 0 saturated heterocycles. The molecule has 0 atom stereocenters. The van der Waals surface area contributed by atoms with E-state index in [1.807, 2.05) is 0 Å². The van der Waals surface area contributed by atoms with Crippen LogP contribution < -0.4 is 16.6 Å². The Bertz CT molecular complexity index is 1170. The number of aromatic amines is 1. The Kier molecular flexibility index (Phi) is 5.31. The second kappa shape index (κ2) is 7.70. The number of nitrogens with zero attached hydrogens (tertiary/aromatic N) is 2. The first-order valence-electron chi connectivity index (χ1n) is 8.07. The molecule has 0 aliphatic carbocycles. The van der Waals surface area contributed by atoms with E-state index in [4.69, 9.17) is 0 Å². The van der Waals surface area contributed by atoms with Crippen LogP contribution in [0.25, 0.3) is 0 Å². The van der Waals surface area contributed by atoms with E-state index in [9.17, 15) is 31.9 Å². The van der Waals surface area contributed by atoms with Crippen molar-refractivity contribution in [3.63, 3.8) is 0 Å². The first-order valence-corrected chi connectivity index (χ1v) is 8.07. The lowest BCUT2D eigenvalue weighted by Crippen LogP contribution is -2.39. The lowest BCUT2D eigenvalue weighted by molar-refractivity contribution is -0.139. The fourth-order valence-corrected chi connectivity index (χ4v) is 2.49. The molecule has 29 heavy (non-hydrogen) atoms. The molecule has 0 aliphatic heterocycles. The van der Waals surface area contributed by atoms with Gasteiger partial charge in [0.15, 0.2) is 0 Å². The third-order valence-electron chi connectivity index (χ3n) is 3.88. The SMILES string of the molecule is O=C(Nc1ccc(F)c(C(F)(F)F)c1)c1c[nH]c(=O)n(Cc2ccccn2)c1=O. The van der Waals surface area contributed by atoms with Crippen molar-refractivity contribution in [2.45, 2.75) is 12.7 Å². The topological polar surface area (TPSA) is 96.8 Å². The van der Waals surface area contributed by atoms with Gasteiger partial charge in [0.05, 0.1) is 17.8 Å². The van der Waals surface area contributed by atoms with E-state index >= 15 is 0 Å². The van der Waals surface area contributed by atoms with Gasteiger partial charge < -0.3 is 10.3 Å². The van der Waals surface area contributed by atoms with Crippen LogP contribution in [-0.4, -0.2) is 20.4 Å². The molecule has 2 aromatic heterocycles. The molecule has 1 aromatic carbocycles. The zero-order valence-corrected chi connectivity index (χ0v) is 14.5. The number of benzene rings is 1. The lowest BCUT2D eigenvalue weighted by atomic mass is 10.1. The van der Waals surface area contributed by atoms with Gasteiger partial charge in [-0.3, -0.25) is 19.1 Å². The smallest absolute Gasteiger partial charge is 0.322 e. The molecular formula is C18H12F4N4O3. The third-order valence-corrected chi connectivity index (χ3v) is 3.88. The number of pyridine rings is 1. The number of rotatable bonds is 4. The number of amides is 1. The second-order valence-electron chi connectivity index (χ2n) is 5.87. The van der Waals surface area contributed by atoms with Crippen molar-refractivity contribution in [3.8, 4) is 0 Å². The number of alkyl halides is 3. The van der Waals surface area contributed by atoms with Crippen molar-refractivity contribution in [3.05, 3.63) is 92.3 Å². The van der Waals surface area contributed by atoms with Gasteiger partial charge in [-0.1, -0.05) is 6.07 Å². The number of halogens is 4. The highest BCUT2D eigenvalue weighted by Gasteiger charge is 2.34. The Morgan fingerprint density at radius 3 is 2.59 bits per heavy atom. The van der Waals surface area contributed by atoms with E-state index in [2.05, 4.69) is 15.3 Å². The van der Waals surface area contributed by atoms with Gasteiger partial charge in [0.25, 0.3) is 11.5 Å². The van der Waals surface area contributed by atoms with E-state index in [-0.39, 0.29) is 12.2 Å². The second-order valence-corrected chi connectivity index (χ2v) is 5.87. The van der Waals surface area contributed by atoms with Gasteiger partial charge in [-0.15, -0.1) is 0 Å². The summed E-state index contributed by atoms with van der Waals surface area (Å²) in [7, 11) is 0. The molecule has 0 saturated carbocycles. The molecule has 3 aromatic rings. The van der Waals surface area contributed by atoms with Crippen molar-refractivity contribution in [2.75, 3.05) is 5.32 Å². The predicted molar refractivity (Wildman–Crippen MR) is 94.0 cm³/mol. The first-order chi connectivity index (χ1) is 13.7. The summed E-state index contributed by atoms with van der Waals surface area (Å²) in [5, 5.41) is 2.09. The molecule has 0 spiro atoms. The van der Waals surface area contributed by atoms with Crippen LogP contribution in [-0.2, 0) is 12.7 Å². The Hall–Kier alpha value is -3.76. The zero-order valence-electron chi connectivity index (χ0n) is 14.5. The summed E-state index contributed by atoms with van der Waals surface area (Å²) in [5.74, 6) is -2.57. The van der Waals surface area contributed by atoms with Crippen LogP contribution in [0.2, 0.25) is 0 Å². The molecular weight excluding hydrogens is 396 g/mol. The van der Waals surface area contributed by atoms with Crippen LogP contribution in [0.4, 0.5) is 23.2 Å². The standard InChI is InChI=1S/C18H12F4N4O3/c19-14-5-4-10(7-13(14)18(20,21)22)25-15(27)12-8-24-17(29)26(16(12)28)9-11-3-1-2-6-23-11/h1-8H,9H2,(H,24,29)(H,25,27). The zero-order chi connectivity index (χ0) is 21.2. The highest BCUT2D eigenvalue weighted by Crippen LogP contribution is 2.33. The average Bonchev–Trinajstić information content (AvgIpc) is 2.66. The number of anilines is 1. The first kappa shape index (κ1) is 20.0. The number of carbonyl (C=O) groups is 1. The van der Waals surface area contributed by atoms with E-state index in [1.54, 1.807) is 18.2 Å². The Morgan fingerprint density at radius 2 is 1.93 bits per heavy atom. The van der Waals surface area contributed by atoms with Gasteiger partial charge in [0.2, 0.25) is 0 Å². The lowest BCUT2D eigenvalue weighted by Gasteiger charge is -2.11. The van der Waals surface area contributed by atoms with Crippen LogP contribution in [0.15, 0.2) is 58.4 Å². The van der Waals surface area contributed by atoms with E-state index < -0.39 is 40.3 Å². The van der Waals surface area contributed by atoms with E-state index in [1.165, 1.54) is 6.20 Å². The minimum Gasteiger partial charge on any atom is -0.322 e. The molecule has 0 aliphatic rings. The number of aromatic nitrogens is 3. The van der Waals surface area contributed by atoms with Crippen molar-refractivity contribution in [1.82, 2.24) is 14.5 Å². The summed E-state index contributed by atoms with van der Waals surface area (Å²) in [4.78, 5) is 43.0. The van der Waals surface area contributed by atoms with E-state index in [0.717, 1.165) is 16.8 Å². The summed E-state index contributed by atoms with van der Waals surface area (Å²) < 4.78 is 52.5. The highest BCUT2D eigenvalue weighted by molar-refractivity contribution is 6.03. The third kappa shape index (κ3) is 4.39. The quantitative estimate of drug-likeness (QED) is 0.648. The monoisotopic (exact) mass is 408 g/mol. The summed E-state index contributed by atoms with van der Waals surface area (Å²) in [6, 6.07) is 6.72. The Balaban J connectivity index is 1.92. The number of nitrogens with one attached hydrogen (secondary N) is 2. The number of H-pyrrole nitrogens is 1. The molecule has 0 bridgehead atoms. The van der Waals surface area contributed by atoms with Crippen molar-refractivity contribution in [1.29, 1.82) is 0 Å². The summed E-state index contributed by atoms with van der Waals surface area (Å²) in [5.41, 5.74) is -3.83. The molecule has 150 valence electrons. The molecule has 1 amide bonds. The van der Waals surface area contributed by atoms with Crippen molar-refractivity contribution in [2.24, 2.45) is 0 Å². The Labute approximate surface area is 159 Å². The van der Waals surface area contributed by atoms with Gasteiger partial charge in [0, 0.05) is 18.1 Å². The van der Waals surface area contributed by atoms with Crippen molar-refractivity contribution < 1.29 is 22.4 Å². The van der Waals surface area contributed by atoms with Crippen LogP contribution in [0.3, 0.4) is 0 Å². The van der Waals surface area contributed by atoms with Crippen molar-refractivity contribution >= 4 is 11.6 Å². The van der Waals surface area contributed by atoms with Crippen LogP contribution in [0, 0.1) is 5.82 Å². The largest absolute Gasteiger partial charge is 0.419 e. The van der Waals surface area contributed by atoms with Crippen LogP contribution >= 0.6 is 0 Å². The summed E-state index contributed by atoms with van der Waals surface area (Å²) in [6.45, 7) is -0.217. The minimum atomic E-state index is -4.96. The number of carbonyl (C=O) groups excluding carboxylic acids is 1. The van der Waals surface area contributed by atoms with Gasteiger partial charge >= 0.3 is 11.9 Å². The van der Waals surface area contributed by atoms with Crippen LogP contribution in [0.5, 0.6) is 0 Å². The molecule has 0 unspecified atom stereocenters. The predicted octanol–water partition coefficient (Wildman–Crippen LogP) is 2.39. The summed E-state index contributed by atoms with van der Waals surface area (Å²) >= 11 is 0. The van der Waals surface area contributed by atoms with Crippen LogP contribution in [0.1, 0.15) is 21.6 Å². The van der Waals surface area contributed by atoms with Gasteiger partial charge in [-0.25, -0.2) is 9.18 Å². The van der Waals surface area contributed by atoms with E-state index in [0.29, 0.717) is 17.8 Å². The minimum absolute atomic E-state index is 0.217. The fourth-order valence-electron chi connectivity index (χ4n) is 2.49. The summed E-state index contributed by atoms with van der Waals surface area (Å²) in [6.07, 6.45) is -2.65. The molecule has 0 radical (unpaired) electrons. The van der Waals surface area contributed by atoms with Gasteiger partial charge in [-0.05, 0) is 30.3 Å². The van der Waals surface area contributed by atoms with Gasteiger partial charge in [0.1, 0.15) is 11.4 Å². The normalized spacial score (nSPS) is 11.3.